The Hall–Kier alpha value is -0.743. The minimum atomic E-state index is -2.78. The quantitative estimate of drug-likeness (QED) is 0.681. The Morgan fingerprint density at radius 1 is 1.00 bits per heavy atom. The molecular weight excluding hydrogens is 262 g/mol. The molecule has 0 N–H and O–H groups in total. The molecular formula is C15H24F2OSi. The van der Waals surface area contributed by atoms with Crippen LogP contribution in [0.4, 0.5) is 8.78 Å². The molecule has 0 amide bonds. The van der Waals surface area contributed by atoms with Crippen molar-refractivity contribution in [1.82, 2.24) is 0 Å². The molecule has 0 aliphatic carbocycles. The van der Waals surface area contributed by atoms with E-state index >= 15 is 0 Å². The smallest absolute Gasteiger partial charge is 0.270 e. The van der Waals surface area contributed by atoms with E-state index in [4.69, 9.17) is 4.43 Å². The third kappa shape index (κ3) is 4.39. The normalized spacial score (nSPS) is 13.7. The number of hydrogen-bond acceptors (Lipinski definition) is 1. The van der Waals surface area contributed by atoms with Gasteiger partial charge in [-0.25, -0.2) is 8.78 Å². The first kappa shape index (κ1) is 16.3. The molecule has 0 aromatic heterocycles. The van der Waals surface area contributed by atoms with Gasteiger partial charge in [-0.1, -0.05) is 45.0 Å². The molecule has 0 saturated carbocycles. The van der Waals surface area contributed by atoms with Gasteiger partial charge < -0.3 is 4.43 Å². The van der Waals surface area contributed by atoms with E-state index in [2.05, 4.69) is 33.9 Å². The SMILES string of the molecule is CC(F)(F)c1ccc(CO[Si](C)(C)C(C)(C)C)cc1. The van der Waals surface area contributed by atoms with Gasteiger partial charge in [0.15, 0.2) is 8.32 Å². The number of alkyl halides is 2. The first-order valence-electron chi connectivity index (χ1n) is 6.55. The van der Waals surface area contributed by atoms with Crippen LogP contribution in [0.1, 0.15) is 38.8 Å². The minimum absolute atomic E-state index is 0.0450. The molecule has 0 fully saturated rings. The lowest BCUT2D eigenvalue weighted by molar-refractivity contribution is 0.0174. The molecule has 0 spiro atoms. The van der Waals surface area contributed by atoms with E-state index in [0.717, 1.165) is 12.5 Å². The van der Waals surface area contributed by atoms with Crippen LogP contribution in [-0.4, -0.2) is 8.32 Å². The predicted molar refractivity (Wildman–Crippen MR) is 78.0 cm³/mol. The van der Waals surface area contributed by atoms with Gasteiger partial charge in [0.2, 0.25) is 0 Å². The van der Waals surface area contributed by atoms with Crippen molar-refractivity contribution in [2.24, 2.45) is 0 Å². The van der Waals surface area contributed by atoms with E-state index in [0.29, 0.717) is 6.61 Å². The summed E-state index contributed by atoms with van der Waals surface area (Å²) in [5.74, 6) is -2.78. The van der Waals surface area contributed by atoms with Crippen LogP contribution >= 0.6 is 0 Å². The van der Waals surface area contributed by atoms with Crippen LogP contribution in [0.2, 0.25) is 18.1 Å². The van der Waals surface area contributed by atoms with Crippen molar-refractivity contribution in [2.75, 3.05) is 0 Å². The summed E-state index contributed by atoms with van der Waals surface area (Å²) in [6.45, 7) is 12.3. The largest absolute Gasteiger partial charge is 0.413 e. The van der Waals surface area contributed by atoms with Crippen molar-refractivity contribution in [3.63, 3.8) is 0 Å². The van der Waals surface area contributed by atoms with Gasteiger partial charge in [0.05, 0.1) is 6.61 Å². The van der Waals surface area contributed by atoms with Crippen LogP contribution in [0.5, 0.6) is 0 Å². The maximum absolute atomic E-state index is 13.1. The Bertz CT molecular complexity index is 413. The van der Waals surface area contributed by atoms with Crippen LogP contribution in [0.3, 0.4) is 0 Å². The second kappa shape index (κ2) is 5.33. The Kier molecular flexibility index (Phi) is 4.57. The van der Waals surface area contributed by atoms with Crippen molar-refractivity contribution in [3.05, 3.63) is 35.4 Å². The number of hydrogen-bond donors (Lipinski definition) is 0. The Morgan fingerprint density at radius 3 is 1.84 bits per heavy atom. The van der Waals surface area contributed by atoms with Gasteiger partial charge >= 0.3 is 0 Å². The average Bonchev–Trinajstić information content (AvgIpc) is 2.24. The van der Waals surface area contributed by atoms with E-state index in [1.807, 2.05) is 0 Å². The van der Waals surface area contributed by atoms with Crippen LogP contribution in [0.15, 0.2) is 24.3 Å². The predicted octanol–water partition coefficient (Wildman–Crippen LogP) is 5.32. The summed E-state index contributed by atoms with van der Waals surface area (Å²) in [4.78, 5) is 0. The summed E-state index contributed by atoms with van der Waals surface area (Å²) >= 11 is 0. The van der Waals surface area contributed by atoms with Gasteiger partial charge in [-0.05, 0) is 23.7 Å². The molecule has 0 bridgehead atoms. The van der Waals surface area contributed by atoms with Gasteiger partial charge in [0.25, 0.3) is 5.92 Å². The topological polar surface area (TPSA) is 9.23 Å². The zero-order chi connectivity index (χ0) is 14.9. The average molecular weight is 286 g/mol. The third-order valence-electron chi connectivity index (χ3n) is 3.87. The summed E-state index contributed by atoms with van der Waals surface area (Å²) in [6, 6.07) is 6.40. The molecule has 1 aromatic rings. The van der Waals surface area contributed by atoms with Gasteiger partial charge in [-0.3, -0.25) is 0 Å². The van der Waals surface area contributed by atoms with Crippen LogP contribution < -0.4 is 0 Å². The minimum Gasteiger partial charge on any atom is -0.413 e. The zero-order valence-corrected chi connectivity index (χ0v) is 13.7. The van der Waals surface area contributed by atoms with Gasteiger partial charge in [-0.2, -0.15) is 0 Å². The second-order valence-corrected chi connectivity index (χ2v) is 11.4. The highest BCUT2D eigenvalue weighted by atomic mass is 28.4. The molecule has 1 aromatic carbocycles. The van der Waals surface area contributed by atoms with E-state index in [1.54, 1.807) is 12.1 Å². The van der Waals surface area contributed by atoms with E-state index < -0.39 is 14.2 Å². The summed E-state index contributed by atoms with van der Waals surface area (Å²) in [5, 5.41) is 0.156. The Balaban J connectivity index is 2.70. The van der Waals surface area contributed by atoms with Crippen molar-refractivity contribution >= 4 is 8.32 Å². The maximum atomic E-state index is 13.1. The molecule has 0 atom stereocenters. The van der Waals surface area contributed by atoms with Crippen molar-refractivity contribution in [1.29, 1.82) is 0 Å². The first-order valence-corrected chi connectivity index (χ1v) is 9.45. The number of benzene rings is 1. The fraction of sp³-hybridized carbons (Fsp3) is 0.600. The summed E-state index contributed by atoms with van der Waals surface area (Å²) in [5.41, 5.74) is 0.987. The van der Waals surface area contributed by atoms with Gasteiger partial charge in [0, 0.05) is 12.5 Å². The van der Waals surface area contributed by atoms with Crippen molar-refractivity contribution < 1.29 is 13.2 Å². The molecule has 0 unspecified atom stereocenters. The van der Waals surface area contributed by atoms with Crippen molar-refractivity contribution in [3.8, 4) is 0 Å². The lowest BCUT2D eigenvalue weighted by Crippen LogP contribution is -2.40. The Morgan fingerprint density at radius 2 is 1.47 bits per heavy atom. The number of halogens is 2. The monoisotopic (exact) mass is 286 g/mol. The molecule has 1 nitrogen and oxygen atoms in total. The molecule has 0 aliphatic heterocycles. The van der Waals surface area contributed by atoms with Crippen LogP contribution in [0, 0.1) is 0 Å². The molecule has 1 rings (SSSR count). The summed E-state index contributed by atoms with van der Waals surface area (Å²) in [7, 11) is -1.79. The van der Waals surface area contributed by atoms with E-state index in [1.165, 1.54) is 12.1 Å². The molecule has 19 heavy (non-hydrogen) atoms. The number of rotatable bonds is 4. The molecule has 0 radical (unpaired) electrons. The van der Waals surface area contributed by atoms with Crippen LogP contribution in [0.25, 0.3) is 0 Å². The molecule has 0 saturated heterocycles. The first-order chi connectivity index (χ1) is 8.43. The van der Waals surface area contributed by atoms with E-state index in [9.17, 15) is 8.78 Å². The summed E-state index contributed by atoms with van der Waals surface area (Å²) < 4.78 is 32.2. The Labute approximate surface area is 116 Å². The molecule has 0 heterocycles. The highest BCUT2D eigenvalue weighted by Gasteiger charge is 2.37. The van der Waals surface area contributed by atoms with E-state index in [-0.39, 0.29) is 10.6 Å². The molecule has 0 aliphatic rings. The standard InChI is InChI=1S/C15H24F2OSi/c1-14(2,3)19(5,6)18-11-12-7-9-13(10-8-12)15(4,16)17/h7-10H,11H2,1-6H3. The van der Waals surface area contributed by atoms with Gasteiger partial charge in [0.1, 0.15) is 0 Å². The van der Waals surface area contributed by atoms with Crippen LogP contribution in [-0.2, 0) is 17.0 Å². The highest BCUT2D eigenvalue weighted by Crippen LogP contribution is 2.37. The second-order valence-electron chi connectivity index (χ2n) is 6.63. The third-order valence-corrected chi connectivity index (χ3v) is 8.35. The lowest BCUT2D eigenvalue weighted by atomic mass is 10.1. The van der Waals surface area contributed by atoms with Gasteiger partial charge in [-0.15, -0.1) is 0 Å². The van der Waals surface area contributed by atoms with Crippen molar-refractivity contribution in [2.45, 2.75) is 58.4 Å². The molecule has 4 heteroatoms. The molecule has 108 valence electrons. The lowest BCUT2D eigenvalue weighted by Gasteiger charge is -2.36. The maximum Gasteiger partial charge on any atom is 0.270 e. The fourth-order valence-corrected chi connectivity index (χ4v) is 2.33. The fourth-order valence-electron chi connectivity index (χ4n) is 1.37. The summed E-state index contributed by atoms with van der Waals surface area (Å²) in [6.07, 6.45) is 0. The zero-order valence-electron chi connectivity index (χ0n) is 12.7. The highest BCUT2D eigenvalue weighted by molar-refractivity contribution is 6.74.